The average molecular weight is 549 g/mol. The molecular formula is C35H36N2O4. The van der Waals surface area contributed by atoms with Crippen LogP contribution in [0, 0.1) is 11.3 Å². The highest BCUT2D eigenvalue weighted by Gasteiger charge is 2.70. The molecule has 6 heteroatoms. The number of aryl methyl sites for hydroxylation is 1. The third kappa shape index (κ3) is 3.95. The molecule has 0 radical (unpaired) electrons. The summed E-state index contributed by atoms with van der Waals surface area (Å²) in [6.07, 6.45) is 5.90. The summed E-state index contributed by atoms with van der Waals surface area (Å²) in [5.41, 5.74) is 2.74. The number of benzene rings is 3. The molecule has 3 aromatic rings. The number of amides is 1. The van der Waals surface area contributed by atoms with Crippen LogP contribution < -0.4 is 15.0 Å². The smallest absolute Gasteiger partial charge is 0.238 e. The fraction of sp³-hybridized carbons (Fsp3) is 0.343. The highest BCUT2D eigenvalue weighted by atomic mass is 16.5. The summed E-state index contributed by atoms with van der Waals surface area (Å²) >= 11 is 0. The van der Waals surface area contributed by atoms with Gasteiger partial charge < -0.3 is 15.0 Å². The minimum atomic E-state index is -1.30. The van der Waals surface area contributed by atoms with Crippen molar-refractivity contribution in [2.24, 2.45) is 11.3 Å². The first-order chi connectivity index (χ1) is 19.6. The summed E-state index contributed by atoms with van der Waals surface area (Å²) in [4.78, 5) is 45.8. The van der Waals surface area contributed by atoms with E-state index in [9.17, 15) is 14.4 Å². The lowest BCUT2D eigenvalue weighted by atomic mass is 9.63. The lowest BCUT2D eigenvalue weighted by Crippen LogP contribution is -2.51. The van der Waals surface area contributed by atoms with E-state index in [1.165, 1.54) is 0 Å². The molecule has 0 aliphatic carbocycles. The molecule has 1 N–H and O–H groups in total. The van der Waals surface area contributed by atoms with Crippen molar-refractivity contribution in [1.82, 2.24) is 0 Å². The molecule has 3 aliphatic heterocycles. The monoisotopic (exact) mass is 548 g/mol. The van der Waals surface area contributed by atoms with E-state index in [1.54, 1.807) is 7.11 Å². The average Bonchev–Trinajstić information content (AvgIpc) is 3.44. The number of methoxy groups -OCH3 is 1. The third-order valence-corrected chi connectivity index (χ3v) is 8.91. The minimum absolute atomic E-state index is 0.0745. The van der Waals surface area contributed by atoms with Gasteiger partial charge in [-0.3, -0.25) is 14.4 Å². The van der Waals surface area contributed by atoms with Crippen molar-refractivity contribution in [3.05, 3.63) is 95.1 Å². The lowest BCUT2D eigenvalue weighted by molar-refractivity contribution is -0.128. The highest BCUT2D eigenvalue weighted by Crippen LogP contribution is 2.58. The number of ether oxygens (including phenoxy) is 1. The zero-order valence-corrected chi connectivity index (χ0v) is 24.2. The highest BCUT2D eigenvalue weighted by molar-refractivity contribution is 6.17. The molecule has 0 saturated carbocycles. The van der Waals surface area contributed by atoms with Gasteiger partial charge in [0.05, 0.1) is 19.1 Å². The van der Waals surface area contributed by atoms with Gasteiger partial charge in [0.1, 0.15) is 17.2 Å². The number of hydrogen-bond donors (Lipinski definition) is 1. The van der Waals surface area contributed by atoms with E-state index in [0.717, 1.165) is 35.2 Å². The number of Topliss-reactive ketones (excluding diaryl/α,β-unsaturated/α-hetero) is 2. The molecule has 6 rings (SSSR count). The Labute approximate surface area is 241 Å². The second kappa shape index (κ2) is 9.72. The van der Waals surface area contributed by atoms with E-state index in [4.69, 9.17) is 4.74 Å². The maximum Gasteiger partial charge on any atom is 0.238 e. The maximum atomic E-state index is 14.8. The number of carbonyl (C=O) groups excluding carboxylic acids is 3. The molecule has 1 fully saturated rings. The third-order valence-electron chi connectivity index (χ3n) is 8.91. The van der Waals surface area contributed by atoms with Crippen molar-refractivity contribution in [2.45, 2.75) is 58.0 Å². The van der Waals surface area contributed by atoms with Crippen LogP contribution in [0.4, 0.5) is 11.4 Å². The first-order valence-corrected chi connectivity index (χ1v) is 14.4. The van der Waals surface area contributed by atoms with E-state index in [-0.39, 0.29) is 17.5 Å². The topological polar surface area (TPSA) is 75.7 Å². The number of nitrogens with one attached hydrogen (secondary N) is 1. The summed E-state index contributed by atoms with van der Waals surface area (Å²) in [5.74, 6) is -0.767. The molecule has 1 saturated heterocycles. The van der Waals surface area contributed by atoms with E-state index in [0.29, 0.717) is 17.0 Å². The van der Waals surface area contributed by atoms with Gasteiger partial charge in [-0.1, -0.05) is 88.7 Å². The molecule has 1 spiro atoms. The molecule has 3 aliphatic rings. The Balaban J connectivity index is 1.63. The largest absolute Gasteiger partial charge is 0.497 e. The van der Waals surface area contributed by atoms with Gasteiger partial charge >= 0.3 is 0 Å². The predicted octanol–water partition coefficient (Wildman–Crippen LogP) is 6.24. The zero-order chi connectivity index (χ0) is 29.1. The lowest BCUT2D eigenvalue weighted by Gasteiger charge is -2.38. The number of anilines is 2. The van der Waals surface area contributed by atoms with Gasteiger partial charge in [0.15, 0.2) is 11.6 Å². The molecule has 0 bridgehead atoms. The number of fused-ring (bicyclic) bond motifs is 6. The van der Waals surface area contributed by atoms with Gasteiger partial charge in [0, 0.05) is 27.9 Å². The first kappa shape index (κ1) is 27.0. The van der Waals surface area contributed by atoms with Gasteiger partial charge in [0.25, 0.3) is 0 Å². The van der Waals surface area contributed by atoms with E-state index in [2.05, 4.69) is 12.2 Å². The Morgan fingerprint density at radius 2 is 1.76 bits per heavy atom. The number of carbonyl (C=O) groups is 3. The molecule has 1 amide bonds. The van der Waals surface area contributed by atoms with Crippen LogP contribution in [0.1, 0.15) is 61.2 Å². The maximum absolute atomic E-state index is 14.8. The van der Waals surface area contributed by atoms with Crippen molar-refractivity contribution in [2.75, 3.05) is 17.3 Å². The van der Waals surface area contributed by atoms with E-state index >= 15 is 0 Å². The molecular weight excluding hydrogens is 512 g/mol. The van der Waals surface area contributed by atoms with Gasteiger partial charge in [-0.2, -0.15) is 0 Å². The fourth-order valence-corrected chi connectivity index (χ4v) is 7.03. The number of hydrogen-bond acceptors (Lipinski definition) is 5. The number of nitrogens with zero attached hydrogens (tertiary/aromatic N) is 1. The van der Waals surface area contributed by atoms with Gasteiger partial charge in [-0.05, 0) is 41.8 Å². The van der Waals surface area contributed by atoms with Crippen molar-refractivity contribution in [1.29, 1.82) is 0 Å². The molecule has 41 heavy (non-hydrogen) atoms. The van der Waals surface area contributed by atoms with Crippen molar-refractivity contribution in [3.63, 3.8) is 0 Å². The Kier molecular flexibility index (Phi) is 6.40. The van der Waals surface area contributed by atoms with Crippen molar-refractivity contribution >= 4 is 34.9 Å². The summed E-state index contributed by atoms with van der Waals surface area (Å²) in [6, 6.07) is 19.6. The van der Waals surface area contributed by atoms with Crippen LogP contribution in [0.3, 0.4) is 0 Å². The SMILES string of the molecule is CCCc1ccc(C(=O)[C@H]2[C@@H](C(=O)C(C)(C)C)N3c4ccc(OC)cc4C=C[C@@H]3[C@]23C(=O)Nc2ccccc23)cc1. The minimum Gasteiger partial charge on any atom is -0.497 e. The predicted molar refractivity (Wildman–Crippen MR) is 162 cm³/mol. The first-order valence-electron chi connectivity index (χ1n) is 14.4. The van der Waals surface area contributed by atoms with Crippen molar-refractivity contribution < 1.29 is 19.1 Å². The standard InChI is InChI=1S/C35H36N2O4/c1-6-9-21-12-14-22(15-13-21)31(38)29-30(32(39)34(2,3)4)37-27-18-17-24(41-5)20-23(27)16-19-28(37)35(29)25-10-7-8-11-26(25)36-33(35)40/h7-8,10-20,28-30H,6,9H2,1-5H3,(H,36,40)/t28-,29-,30+,35+/m1/s1. The van der Waals surface area contributed by atoms with Crippen molar-refractivity contribution in [3.8, 4) is 5.75 Å². The summed E-state index contributed by atoms with van der Waals surface area (Å²) < 4.78 is 5.48. The Bertz CT molecular complexity index is 1580. The molecule has 6 nitrogen and oxygen atoms in total. The molecule has 4 atom stereocenters. The normalized spacial score (nSPS) is 24.1. The van der Waals surface area contributed by atoms with Crippen LogP contribution in [0.15, 0.2) is 72.8 Å². The fourth-order valence-electron chi connectivity index (χ4n) is 7.03. The number of rotatable bonds is 6. The van der Waals surface area contributed by atoms with Gasteiger partial charge in [-0.15, -0.1) is 0 Å². The molecule has 0 aromatic heterocycles. The van der Waals surface area contributed by atoms with E-state index in [1.807, 2.05) is 105 Å². The zero-order valence-electron chi connectivity index (χ0n) is 24.2. The Morgan fingerprint density at radius 3 is 2.44 bits per heavy atom. The number of ketones is 2. The van der Waals surface area contributed by atoms with Crippen LogP contribution in [0.5, 0.6) is 5.75 Å². The summed E-state index contributed by atoms with van der Waals surface area (Å²) in [6.45, 7) is 7.77. The molecule has 3 aromatic carbocycles. The van der Waals surface area contributed by atoms with Crippen LogP contribution in [0.2, 0.25) is 0 Å². The second-order valence-corrected chi connectivity index (χ2v) is 12.4. The van der Waals surface area contributed by atoms with Crippen LogP contribution in [0.25, 0.3) is 6.08 Å². The summed E-state index contributed by atoms with van der Waals surface area (Å²) in [7, 11) is 1.62. The summed E-state index contributed by atoms with van der Waals surface area (Å²) in [5, 5.41) is 3.08. The molecule has 0 unspecified atom stereocenters. The number of para-hydroxylation sites is 1. The quantitative estimate of drug-likeness (QED) is 0.369. The van der Waals surface area contributed by atoms with Gasteiger partial charge in [0.2, 0.25) is 5.91 Å². The van der Waals surface area contributed by atoms with Gasteiger partial charge in [-0.25, -0.2) is 0 Å². The van der Waals surface area contributed by atoms with E-state index < -0.39 is 28.8 Å². The molecule has 210 valence electrons. The second-order valence-electron chi connectivity index (χ2n) is 12.4. The Hall–Kier alpha value is -4.19. The van der Waals surface area contributed by atoms with Crippen LogP contribution in [-0.2, 0) is 21.4 Å². The van der Waals surface area contributed by atoms with Crippen LogP contribution in [-0.4, -0.2) is 36.7 Å². The van der Waals surface area contributed by atoms with Crippen LogP contribution >= 0.6 is 0 Å². The Morgan fingerprint density at radius 1 is 1.02 bits per heavy atom. The molecule has 3 heterocycles.